The van der Waals surface area contributed by atoms with E-state index in [0.717, 1.165) is 23.1 Å². The van der Waals surface area contributed by atoms with Gasteiger partial charge in [0.15, 0.2) is 0 Å². The summed E-state index contributed by atoms with van der Waals surface area (Å²) in [6.07, 6.45) is 4.50. The number of rotatable bonds is 4. The zero-order valence-corrected chi connectivity index (χ0v) is 11.3. The first-order valence-electron chi connectivity index (χ1n) is 7.02. The first kappa shape index (κ1) is 12.4. The fraction of sp³-hybridized carbons (Fsp3) is 0.467. The maximum Gasteiger partial charge on any atom is 0.0950 e. The van der Waals surface area contributed by atoms with Gasteiger partial charge in [-0.2, -0.15) is 10.2 Å². The molecule has 1 aliphatic heterocycles. The van der Waals surface area contributed by atoms with Gasteiger partial charge in [-0.05, 0) is 38.9 Å². The van der Waals surface area contributed by atoms with Crippen LogP contribution in [0.15, 0.2) is 30.5 Å². The monoisotopic (exact) mass is 256 g/mol. The third-order valence-electron chi connectivity index (χ3n) is 3.68. The molecule has 1 aromatic heterocycles. The highest BCUT2D eigenvalue weighted by atomic mass is 15.2. The lowest BCUT2D eigenvalue weighted by Crippen LogP contribution is -2.33. The second kappa shape index (κ2) is 5.53. The number of nitrogens with zero attached hydrogens (tertiary/aromatic N) is 3. The van der Waals surface area contributed by atoms with E-state index in [1.165, 1.54) is 25.9 Å². The molecule has 2 aromatic rings. The van der Waals surface area contributed by atoms with E-state index < -0.39 is 0 Å². The van der Waals surface area contributed by atoms with Gasteiger partial charge in [-0.3, -0.25) is 0 Å². The second-order valence-electron chi connectivity index (χ2n) is 5.33. The molecule has 2 heterocycles. The van der Waals surface area contributed by atoms with Crippen molar-refractivity contribution >= 4 is 16.6 Å². The molecule has 1 aromatic carbocycles. The van der Waals surface area contributed by atoms with Gasteiger partial charge in [-0.15, -0.1) is 0 Å². The largest absolute Gasteiger partial charge is 0.379 e. The summed E-state index contributed by atoms with van der Waals surface area (Å²) in [6, 6.07) is 8.55. The van der Waals surface area contributed by atoms with Crippen molar-refractivity contribution in [3.63, 3.8) is 0 Å². The standard InChI is InChI=1S/C15H20N4/c1-12(11-19-8-4-5-9-19)17-15-10-16-18-14-7-3-2-6-13(14)15/h2-3,6-7,10,12H,4-5,8-9,11H2,1H3,(H,17,18). The lowest BCUT2D eigenvalue weighted by Gasteiger charge is -2.22. The first-order chi connectivity index (χ1) is 9.33. The van der Waals surface area contributed by atoms with Crippen LogP contribution < -0.4 is 5.32 Å². The van der Waals surface area contributed by atoms with Crippen molar-refractivity contribution in [1.82, 2.24) is 15.1 Å². The summed E-state index contributed by atoms with van der Waals surface area (Å²) in [6.45, 7) is 5.80. The zero-order valence-electron chi connectivity index (χ0n) is 11.3. The van der Waals surface area contributed by atoms with Crippen LogP contribution in [0.25, 0.3) is 10.9 Å². The van der Waals surface area contributed by atoms with Gasteiger partial charge < -0.3 is 10.2 Å². The highest BCUT2D eigenvalue weighted by molar-refractivity contribution is 5.90. The number of benzene rings is 1. The smallest absolute Gasteiger partial charge is 0.0950 e. The van der Waals surface area contributed by atoms with Gasteiger partial charge in [-0.25, -0.2) is 0 Å². The molecule has 0 radical (unpaired) electrons. The maximum atomic E-state index is 4.15. The van der Waals surface area contributed by atoms with E-state index in [0.29, 0.717) is 6.04 Å². The summed E-state index contributed by atoms with van der Waals surface area (Å²) in [5.74, 6) is 0. The topological polar surface area (TPSA) is 41.0 Å². The molecule has 1 fully saturated rings. The fourth-order valence-corrected chi connectivity index (χ4v) is 2.79. The van der Waals surface area contributed by atoms with Gasteiger partial charge in [0.05, 0.1) is 17.4 Å². The Labute approximate surface area is 113 Å². The Hall–Kier alpha value is -1.68. The Morgan fingerprint density at radius 2 is 2.05 bits per heavy atom. The van der Waals surface area contributed by atoms with Gasteiger partial charge in [0.2, 0.25) is 0 Å². The number of fused-ring (bicyclic) bond motifs is 1. The molecule has 1 N–H and O–H groups in total. The highest BCUT2D eigenvalue weighted by Gasteiger charge is 2.15. The summed E-state index contributed by atoms with van der Waals surface area (Å²) in [5, 5.41) is 12.9. The molecule has 0 amide bonds. The van der Waals surface area contributed by atoms with Crippen molar-refractivity contribution in [2.45, 2.75) is 25.8 Å². The number of hydrogen-bond acceptors (Lipinski definition) is 4. The summed E-state index contributed by atoms with van der Waals surface area (Å²) < 4.78 is 0. The summed E-state index contributed by atoms with van der Waals surface area (Å²) in [5.41, 5.74) is 2.03. The van der Waals surface area contributed by atoms with Gasteiger partial charge >= 0.3 is 0 Å². The van der Waals surface area contributed by atoms with Crippen molar-refractivity contribution < 1.29 is 0 Å². The minimum absolute atomic E-state index is 0.422. The first-order valence-corrected chi connectivity index (χ1v) is 7.02. The minimum atomic E-state index is 0.422. The molecule has 1 atom stereocenters. The fourth-order valence-electron chi connectivity index (χ4n) is 2.79. The van der Waals surface area contributed by atoms with Crippen LogP contribution in [0.3, 0.4) is 0 Å². The van der Waals surface area contributed by atoms with Crippen LogP contribution in [0.1, 0.15) is 19.8 Å². The van der Waals surface area contributed by atoms with Crippen molar-refractivity contribution in [2.75, 3.05) is 25.0 Å². The van der Waals surface area contributed by atoms with Gasteiger partial charge in [0, 0.05) is 18.0 Å². The van der Waals surface area contributed by atoms with E-state index in [-0.39, 0.29) is 0 Å². The van der Waals surface area contributed by atoms with Gasteiger partial charge in [0.1, 0.15) is 0 Å². The van der Waals surface area contributed by atoms with Crippen molar-refractivity contribution in [2.24, 2.45) is 0 Å². The quantitative estimate of drug-likeness (QED) is 0.912. The Morgan fingerprint density at radius 1 is 1.26 bits per heavy atom. The Morgan fingerprint density at radius 3 is 2.89 bits per heavy atom. The van der Waals surface area contributed by atoms with Gasteiger partial charge in [0.25, 0.3) is 0 Å². The molecule has 19 heavy (non-hydrogen) atoms. The number of anilines is 1. The average molecular weight is 256 g/mol. The molecule has 0 aliphatic carbocycles. The zero-order chi connectivity index (χ0) is 13.1. The van der Waals surface area contributed by atoms with Crippen molar-refractivity contribution in [1.29, 1.82) is 0 Å². The molecule has 0 saturated carbocycles. The minimum Gasteiger partial charge on any atom is -0.379 e. The molecule has 100 valence electrons. The van der Waals surface area contributed by atoms with Crippen LogP contribution in [0, 0.1) is 0 Å². The van der Waals surface area contributed by atoms with E-state index >= 15 is 0 Å². The van der Waals surface area contributed by atoms with E-state index in [1.54, 1.807) is 0 Å². The van der Waals surface area contributed by atoms with Gasteiger partial charge in [-0.1, -0.05) is 18.2 Å². The summed E-state index contributed by atoms with van der Waals surface area (Å²) in [7, 11) is 0. The lowest BCUT2D eigenvalue weighted by molar-refractivity contribution is 0.328. The van der Waals surface area contributed by atoms with Crippen LogP contribution in [-0.2, 0) is 0 Å². The molecular formula is C15H20N4. The average Bonchev–Trinajstić information content (AvgIpc) is 2.92. The molecule has 0 spiro atoms. The molecule has 3 rings (SSSR count). The van der Waals surface area contributed by atoms with Crippen molar-refractivity contribution in [3.8, 4) is 0 Å². The van der Waals surface area contributed by atoms with Crippen LogP contribution >= 0.6 is 0 Å². The Kier molecular flexibility index (Phi) is 3.60. The third kappa shape index (κ3) is 2.84. The summed E-state index contributed by atoms with van der Waals surface area (Å²) in [4.78, 5) is 2.52. The van der Waals surface area contributed by atoms with E-state index in [4.69, 9.17) is 0 Å². The molecule has 4 nitrogen and oxygen atoms in total. The predicted molar refractivity (Wildman–Crippen MR) is 78.3 cm³/mol. The highest BCUT2D eigenvalue weighted by Crippen LogP contribution is 2.20. The number of hydrogen-bond donors (Lipinski definition) is 1. The second-order valence-corrected chi connectivity index (χ2v) is 5.33. The molecule has 1 aliphatic rings. The number of aromatic nitrogens is 2. The van der Waals surface area contributed by atoms with Crippen LogP contribution in [-0.4, -0.2) is 40.8 Å². The maximum absolute atomic E-state index is 4.15. The molecule has 1 saturated heterocycles. The number of nitrogens with one attached hydrogen (secondary N) is 1. The predicted octanol–water partition coefficient (Wildman–Crippen LogP) is 2.53. The Balaban J connectivity index is 1.73. The normalized spacial score (nSPS) is 17.7. The molecule has 1 unspecified atom stereocenters. The van der Waals surface area contributed by atoms with Crippen LogP contribution in [0.5, 0.6) is 0 Å². The van der Waals surface area contributed by atoms with Crippen LogP contribution in [0.2, 0.25) is 0 Å². The lowest BCUT2D eigenvalue weighted by atomic mass is 10.2. The SMILES string of the molecule is CC(CN1CCCC1)Nc1cnnc2ccccc12. The molecule has 0 bridgehead atoms. The van der Waals surface area contributed by atoms with E-state index in [1.807, 2.05) is 24.4 Å². The third-order valence-corrected chi connectivity index (χ3v) is 3.68. The number of likely N-dealkylation sites (tertiary alicyclic amines) is 1. The van der Waals surface area contributed by atoms with E-state index in [9.17, 15) is 0 Å². The summed E-state index contributed by atoms with van der Waals surface area (Å²) >= 11 is 0. The van der Waals surface area contributed by atoms with Crippen molar-refractivity contribution in [3.05, 3.63) is 30.5 Å². The Bertz CT molecular complexity index is 543. The van der Waals surface area contributed by atoms with Crippen LogP contribution in [0.4, 0.5) is 5.69 Å². The molecular weight excluding hydrogens is 236 g/mol. The van der Waals surface area contributed by atoms with E-state index in [2.05, 4.69) is 33.4 Å². The molecule has 4 heteroatoms.